The zero-order chi connectivity index (χ0) is 16.6. The molecule has 0 bridgehead atoms. The molecule has 21 heavy (non-hydrogen) atoms. The predicted molar refractivity (Wildman–Crippen MR) is 86.7 cm³/mol. The Balaban J connectivity index is 4.64. The van der Waals surface area contributed by atoms with E-state index in [9.17, 15) is 9.59 Å². The zero-order valence-corrected chi connectivity index (χ0v) is 14.5. The van der Waals surface area contributed by atoms with Crippen LogP contribution in [0.1, 0.15) is 54.4 Å². The summed E-state index contributed by atoms with van der Waals surface area (Å²) in [6, 6.07) is -0.333. The summed E-state index contributed by atoms with van der Waals surface area (Å²) in [5.41, 5.74) is 5.78. The summed E-state index contributed by atoms with van der Waals surface area (Å²) in [4.78, 5) is 26.1. The van der Waals surface area contributed by atoms with Crippen molar-refractivity contribution < 1.29 is 9.59 Å². The van der Waals surface area contributed by atoms with Crippen LogP contribution in [0, 0.1) is 11.8 Å². The van der Waals surface area contributed by atoms with E-state index in [0.717, 1.165) is 19.4 Å². The van der Waals surface area contributed by atoms with Crippen LogP contribution in [0.4, 0.5) is 0 Å². The molecular weight excluding hydrogens is 266 g/mol. The fourth-order valence-electron chi connectivity index (χ4n) is 2.26. The van der Waals surface area contributed by atoms with Crippen LogP contribution in [0.5, 0.6) is 0 Å². The smallest absolute Gasteiger partial charge is 0.242 e. The first-order valence-corrected chi connectivity index (χ1v) is 8.07. The third kappa shape index (κ3) is 6.93. The van der Waals surface area contributed by atoms with Crippen molar-refractivity contribution in [3.63, 3.8) is 0 Å². The lowest BCUT2D eigenvalue weighted by Crippen LogP contribution is -2.50. The minimum Gasteiger partial charge on any atom is -0.346 e. The van der Waals surface area contributed by atoms with Crippen LogP contribution in [0.2, 0.25) is 0 Å². The summed E-state index contributed by atoms with van der Waals surface area (Å²) < 4.78 is 0. The Hall–Kier alpha value is -1.10. The van der Waals surface area contributed by atoms with E-state index < -0.39 is 6.04 Å². The number of nitrogens with two attached hydrogens (primary N) is 1. The second kappa shape index (κ2) is 9.77. The molecular formula is C16H33N3O2. The van der Waals surface area contributed by atoms with E-state index in [-0.39, 0.29) is 30.3 Å². The van der Waals surface area contributed by atoms with Crippen LogP contribution in [0.25, 0.3) is 0 Å². The zero-order valence-electron chi connectivity index (χ0n) is 14.5. The van der Waals surface area contributed by atoms with E-state index in [1.807, 2.05) is 18.7 Å². The molecule has 1 atom stereocenters. The molecule has 0 aromatic carbocycles. The van der Waals surface area contributed by atoms with Crippen molar-refractivity contribution in [1.29, 1.82) is 0 Å². The van der Waals surface area contributed by atoms with E-state index in [2.05, 4.69) is 33.0 Å². The number of hydrogen-bond acceptors (Lipinski definition) is 3. The Kier molecular flexibility index (Phi) is 9.26. The standard InChI is InChI=1S/C16H33N3O2/c1-7-13(8-2)19(10-11(3)4)14(20)9-18-16(21)15(17)12(5)6/h11-13,15H,7-10,17H2,1-6H3,(H,18,21)/t15-/m0/s1. The molecule has 2 amide bonds. The number of rotatable bonds is 9. The van der Waals surface area contributed by atoms with Crippen molar-refractivity contribution in [1.82, 2.24) is 10.2 Å². The highest BCUT2D eigenvalue weighted by atomic mass is 16.2. The molecule has 124 valence electrons. The highest BCUT2D eigenvalue weighted by molar-refractivity contribution is 5.87. The first kappa shape index (κ1) is 19.9. The van der Waals surface area contributed by atoms with Gasteiger partial charge in [0.1, 0.15) is 0 Å². The summed E-state index contributed by atoms with van der Waals surface area (Å²) in [5, 5.41) is 2.67. The second-order valence-corrected chi connectivity index (χ2v) is 6.40. The lowest BCUT2D eigenvalue weighted by atomic mass is 10.0. The average molecular weight is 299 g/mol. The minimum absolute atomic E-state index is 0.0262. The second-order valence-electron chi connectivity index (χ2n) is 6.40. The van der Waals surface area contributed by atoms with Crippen LogP contribution in [-0.4, -0.2) is 41.9 Å². The van der Waals surface area contributed by atoms with Gasteiger partial charge < -0.3 is 16.0 Å². The van der Waals surface area contributed by atoms with Gasteiger partial charge in [-0.1, -0.05) is 41.5 Å². The summed E-state index contributed by atoms with van der Waals surface area (Å²) in [5.74, 6) is 0.183. The molecule has 0 rings (SSSR count). The molecule has 0 aliphatic carbocycles. The summed E-state index contributed by atoms with van der Waals surface area (Å²) in [6.07, 6.45) is 1.85. The van der Waals surface area contributed by atoms with Gasteiger partial charge in [0, 0.05) is 12.6 Å². The van der Waals surface area contributed by atoms with Gasteiger partial charge in [-0.3, -0.25) is 9.59 Å². The average Bonchev–Trinajstić information content (AvgIpc) is 2.43. The van der Waals surface area contributed by atoms with E-state index in [4.69, 9.17) is 5.73 Å². The van der Waals surface area contributed by atoms with Gasteiger partial charge in [-0.25, -0.2) is 0 Å². The summed E-state index contributed by atoms with van der Waals surface area (Å²) >= 11 is 0. The van der Waals surface area contributed by atoms with Gasteiger partial charge >= 0.3 is 0 Å². The largest absolute Gasteiger partial charge is 0.346 e. The van der Waals surface area contributed by atoms with Gasteiger partial charge in [0.25, 0.3) is 0 Å². The number of carbonyl (C=O) groups excluding carboxylic acids is 2. The van der Waals surface area contributed by atoms with Crippen LogP contribution < -0.4 is 11.1 Å². The molecule has 0 saturated carbocycles. The number of nitrogens with zero attached hydrogens (tertiary/aromatic N) is 1. The number of hydrogen-bond donors (Lipinski definition) is 2. The van der Waals surface area contributed by atoms with Gasteiger partial charge in [-0.15, -0.1) is 0 Å². The van der Waals surface area contributed by atoms with E-state index in [1.54, 1.807) is 0 Å². The van der Waals surface area contributed by atoms with E-state index in [0.29, 0.717) is 5.92 Å². The van der Waals surface area contributed by atoms with Crippen molar-refractivity contribution in [2.75, 3.05) is 13.1 Å². The molecule has 5 heteroatoms. The molecule has 0 aromatic heterocycles. The van der Waals surface area contributed by atoms with Gasteiger partial charge in [-0.05, 0) is 24.7 Å². The van der Waals surface area contributed by atoms with Crippen LogP contribution in [0.15, 0.2) is 0 Å². The Morgan fingerprint density at radius 1 is 1.10 bits per heavy atom. The molecule has 0 saturated heterocycles. The fourth-order valence-corrected chi connectivity index (χ4v) is 2.26. The topological polar surface area (TPSA) is 75.4 Å². The van der Waals surface area contributed by atoms with Crippen LogP contribution in [-0.2, 0) is 9.59 Å². The van der Waals surface area contributed by atoms with Crippen molar-refractivity contribution >= 4 is 11.8 Å². The van der Waals surface area contributed by atoms with Gasteiger partial charge in [-0.2, -0.15) is 0 Å². The lowest BCUT2D eigenvalue weighted by Gasteiger charge is -2.32. The van der Waals surface area contributed by atoms with Crippen LogP contribution in [0.3, 0.4) is 0 Å². The number of carbonyl (C=O) groups is 2. The Morgan fingerprint density at radius 2 is 1.62 bits per heavy atom. The van der Waals surface area contributed by atoms with Gasteiger partial charge in [0.2, 0.25) is 11.8 Å². The summed E-state index contributed by atoms with van der Waals surface area (Å²) in [6.45, 7) is 12.9. The molecule has 5 nitrogen and oxygen atoms in total. The quantitative estimate of drug-likeness (QED) is 0.681. The molecule has 0 radical (unpaired) electrons. The van der Waals surface area contributed by atoms with Crippen molar-refractivity contribution in [3.05, 3.63) is 0 Å². The lowest BCUT2D eigenvalue weighted by molar-refractivity contribution is -0.135. The van der Waals surface area contributed by atoms with E-state index >= 15 is 0 Å². The maximum absolute atomic E-state index is 12.4. The number of amides is 2. The molecule has 0 spiro atoms. The maximum atomic E-state index is 12.4. The molecule has 3 N–H and O–H groups in total. The molecule has 0 aliphatic rings. The third-order valence-electron chi connectivity index (χ3n) is 3.70. The SMILES string of the molecule is CCC(CC)N(CC(C)C)C(=O)CNC(=O)[C@@H](N)C(C)C. The molecule has 0 fully saturated rings. The highest BCUT2D eigenvalue weighted by Gasteiger charge is 2.23. The monoisotopic (exact) mass is 299 g/mol. The molecule has 0 aliphatic heterocycles. The maximum Gasteiger partial charge on any atom is 0.242 e. The van der Waals surface area contributed by atoms with Crippen molar-refractivity contribution in [3.8, 4) is 0 Å². The van der Waals surface area contributed by atoms with E-state index in [1.165, 1.54) is 0 Å². The Labute approximate surface area is 129 Å². The van der Waals surface area contributed by atoms with Crippen molar-refractivity contribution in [2.45, 2.75) is 66.5 Å². The first-order valence-electron chi connectivity index (χ1n) is 8.07. The predicted octanol–water partition coefficient (Wildman–Crippen LogP) is 1.76. The Morgan fingerprint density at radius 3 is 2.00 bits per heavy atom. The summed E-state index contributed by atoms with van der Waals surface area (Å²) in [7, 11) is 0. The Bertz CT molecular complexity index is 325. The van der Waals surface area contributed by atoms with Crippen LogP contribution >= 0.6 is 0 Å². The normalized spacial score (nSPS) is 12.9. The number of nitrogens with one attached hydrogen (secondary N) is 1. The first-order chi connectivity index (χ1) is 9.74. The minimum atomic E-state index is -0.565. The fraction of sp³-hybridized carbons (Fsp3) is 0.875. The van der Waals surface area contributed by atoms with Crippen molar-refractivity contribution in [2.24, 2.45) is 17.6 Å². The highest BCUT2D eigenvalue weighted by Crippen LogP contribution is 2.11. The van der Waals surface area contributed by atoms with Gasteiger partial charge in [0.05, 0.1) is 12.6 Å². The molecule has 0 aromatic rings. The van der Waals surface area contributed by atoms with Gasteiger partial charge in [0.15, 0.2) is 0 Å². The molecule has 0 heterocycles. The molecule has 0 unspecified atom stereocenters. The third-order valence-corrected chi connectivity index (χ3v) is 3.70.